The number of carboxylic acid groups (broad SMARTS) is 1. The summed E-state index contributed by atoms with van der Waals surface area (Å²) >= 11 is 0. The molecule has 1 saturated heterocycles. The third-order valence-electron chi connectivity index (χ3n) is 8.06. The summed E-state index contributed by atoms with van der Waals surface area (Å²) in [7, 11) is -0.288. The molecule has 32 heavy (non-hydrogen) atoms. The van der Waals surface area contributed by atoms with Crippen LogP contribution in [0, 0.1) is 24.2 Å². The molecule has 1 aromatic carbocycles. The minimum Gasteiger partial charge on any atom is -0.478 e. The van der Waals surface area contributed by atoms with Crippen molar-refractivity contribution >= 4 is 19.1 Å². The Morgan fingerprint density at radius 1 is 1.22 bits per heavy atom. The lowest BCUT2D eigenvalue weighted by Crippen LogP contribution is -2.65. The topological polar surface area (TPSA) is 82.1 Å². The van der Waals surface area contributed by atoms with E-state index in [0.717, 1.165) is 12.0 Å². The predicted octanol–water partition coefficient (Wildman–Crippen LogP) is 4.92. The van der Waals surface area contributed by atoms with Gasteiger partial charge in [0.25, 0.3) is 0 Å². The summed E-state index contributed by atoms with van der Waals surface area (Å²) in [6, 6.07) is 3.29. The van der Waals surface area contributed by atoms with E-state index < -0.39 is 17.5 Å². The van der Waals surface area contributed by atoms with Crippen LogP contribution in [0.5, 0.6) is 0 Å². The Hall–Kier alpha value is -1.86. The molecule has 2 bridgehead atoms. The van der Waals surface area contributed by atoms with Gasteiger partial charge in [-0.1, -0.05) is 19.9 Å². The van der Waals surface area contributed by atoms with Crippen LogP contribution < -0.4 is 0 Å². The molecule has 6 nitrogen and oxygen atoms in total. The predicted molar refractivity (Wildman–Crippen MR) is 122 cm³/mol. The van der Waals surface area contributed by atoms with E-state index in [4.69, 9.17) is 14.0 Å². The molecule has 0 radical (unpaired) electrons. The zero-order valence-corrected chi connectivity index (χ0v) is 20.3. The third-order valence-corrected chi connectivity index (χ3v) is 8.06. The molecule has 1 N–H and O–H groups in total. The van der Waals surface area contributed by atoms with E-state index in [-0.39, 0.29) is 30.0 Å². The van der Waals surface area contributed by atoms with Crippen LogP contribution in [0.2, 0.25) is 6.32 Å². The van der Waals surface area contributed by atoms with Gasteiger partial charge in [-0.3, -0.25) is 0 Å². The second-order valence-corrected chi connectivity index (χ2v) is 11.5. The van der Waals surface area contributed by atoms with Crippen molar-refractivity contribution in [2.45, 2.75) is 91.4 Å². The molecule has 1 aliphatic heterocycles. The highest BCUT2D eigenvalue weighted by atomic mass is 16.7. The van der Waals surface area contributed by atoms with Gasteiger partial charge in [-0.05, 0) is 94.6 Å². The van der Waals surface area contributed by atoms with E-state index in [9.17, 15) is 14.7 Å². The lowest BCUT2D eigenvalue weighted by Gasteiger charge is -2.64. The highest BCUT2D eigenvalue weighted by Gasteiger charge is 2.67. The molecule has 1 heterocycles. The zero-order chi connectivity index (χ0) is 23.6. The van der Waals surface area contributed by atoms with Crippen LogP contribution in [0.3, 0.4) is 0 Å². The van der Waals surface area contributed by atoms with Crippen molar-refractivity contribution in [2.75, 3.05) is 0 Å². The monoisotopic (exact) mass is 442 g/mol. The molecule has 4 aliphatic rings. The Labute approximate surface area is 191 Å². The van der Waals surface area contributed by atoms with Crippen molar-refractivity contribution in [3.05, 3.63) is 34.4 Å². The molecule has 3 saturated carbocycles. The summed E-state index contributed by atoms with van der Waals surface area (Å²) in [5.41, 5.74) is 0.996. The Balaban J connectivity index is 1.50. The van der Waals surface area contributed by atoms with Gasteiger partial charge in [0.05, 0.1) is 22.8 Å². The molecule has 4 fully saturated rings. The SMILES string of the molecule is Cc1c(CCB2OC3CC4CC(C4(C)C)[C@]3(C)O2)ccc(C(=O)O)c1C(=O)OC(C)(C)C. The molecular formula is C25H35BO6. The number of hydrogen-bond acceptors (Lipinski definition) is 5. The number of carbonyl (C=O) groups excluding carboxylic acids is 1. The number of carboxylic acids is 1. The highest BCUT2D eigenvalue weighted by molar-refractivity contribution is 6.45. The molecule has 7 heteroatoms. The fourth-order valence-electron chi connectivity index (χ4n) is 6.14. The van der Waals surface area contributed by atoms with E-state index in [1.54, 1.807) is 33.8 Å². The van der Waals surface area contributed by atoms with E-state index in [0.29, 0.717) is 35.6 Å². The van der Waals surface area contributed by atoms with Crippen LogP contribution in [-0.4, -0.2) is 41.5 Å². The minimum atomic E-state index is -1.14. The molecule has 0 amide bonds. The number of esters is 1. The number of ether oxygens (including phenoxy) is 1. The molecule has 3 aliphatic carbocycles. The minimum absolute atomic E-state index is 0.0330. The number of aryl methyl sites for hydroxylation is 1. The lowest BCUT2D eigenvalue weighted by atomic mass is 9.43. The van der Waals surface area contributed by atoms with Crippen LogP contribution in [0.15, 0.2) is 12.1 Å². The molecule has 3 unspecified atom stereocenters. The number of carbonyl (C=O) groups is 2. The first kappa shape index (κ1) is 23.3. The number of hydrogen-bond donors (Lipinski definition) is 1. The van der Waals surface area contributed by atoms with Crippen molar-refractivity contribution in [3.63, 3.8) is 0 Å². The summed E-state index contributed by atoms with van der Waals surface area (Å²) in [5.74, 6) is -0.529. The van der Waals surface area contributed by atoms with Gasteiger partial charge < -0.3 is 19.2 Å². The second-order valence-electron chi connectivity index (χ2n) is 11.5. The van der Waals surface area contributed by atoms with E-state index in [1.807, 2.05) is 0 Å². The molecule has 5 rings (SSSR count). The van der Waals surface area contributed by atoms with Crippen LogP contribution in [0.4, 0.5) is 0 Å². The standard InChI is InChI=1S/C25H35BO6/c1-14-15(8-9-17(21(27)28)20(14)22(29)30-23(2,3)4)10-11-26-31-19-13-16-12-18(24(16,5)6)25(19,7)32-26/h8-9,16,18-19H,10-13H2,1-7H3,(H,27,28)/t16?,18?,19?,25-/m0/s1. The average molecular weight is 442 g/mol. The molecular weight excluding hydrogens is 407 g/mol. The summed E-state index contributed by atoms with van der Waals surface area (Å²) in [5, 5.41) is 9.60. The van der Waals surface area contributed by atoms with Gasteiger partial charge >= 0.3 is 19.1 Å². The van der Waals surface area contributed by atoms with Gasteiger partial charge in [-0.15, -0.1) is 0 Å². The smallest absolute Gasteiger partial charge is 0.457 e. The van der Waals surface area contributed by atoms with Gasteiger partial charge in [0.1, 0.15) is 5.60 Å². The molecule has 174 valence electrons. The van der Waals surface area contributed by atoms with Crippen LogP contribution in [-0.2, 0) is 20.5 Å². The van der Waals surface area contributed by atoms with Crippen LogP contribution in [0.1, 0.15) is 86.2 Å². The maximum atomic E-state index is 12.8. The maximum absolute atomic E-state index is 12.8. The first-order valence-corrected chi connectivity index (χ1v) is 11.7. The second kappa shape index (κ2) is 7.59. The van der Waals surface area contributed by atoms with Gasteiger partial charge in [0.15, 0.2) is 0 Å². The van der Waals surface area contributed by atoms with E-state index in [2.05, 4.69) is 20.8 Å². The lowest BCUT2D eigenvalue weighted by molar-refractivity contribution is -0.199. The van der Waals surface area contributed by atoms with Crippen molar-refractivity contribution in [1.82, 2.24) is 0 Å². The third kappa shape index (κ3) is 3.77. The quantitative estimate of drug-likeness (QED) is 0.515. The van der Waals surface area contributed by atoms with Gasteiger partial charge in [0.2, 0.25) is 0 Å². The highest BCUT2D eigenvalue weighted by Crippen LogP contribution is 2.65. The molecule has 4 atom stereocenters. The Morgan fingerprint density at radius 3 is 2.50 bits per heavy atom. The zero-order valence-electron chi connectivity index (χ0n) is 20.3. The Morgan fingerprint density at radius 2 is 1.91 bits per heavy atom. The first-order valence-electron chi connectivity index (χ1n) is 11.7. The average Bonchev–Trinajstić information content (AvgIpc) is 3.00. The van der Waals surface area contributed by atoms with Gasteiger partial charge in [-0.2, -0.15) is 0 Å². The largest absolute Gasteiger partial charge is 0.478 e. The van der Waals surface area contributed by atoms with E-state index in [1.165, 1.54) is 12.5 Å². The van der Waals surface area contributed by atoms with E-state index >= 15 is 0 Å². The van der Waals surface area contributed by atoms with Crippen molar-refractivity contribution in [2.24, 2.45) is 17.3 Å². The molecule has 0 spiro atoms. The normalized spacial score (nSPS) is 30.5. The van der Waals surface area contributed by atoms with Crippen molar-refractivity contribution in [3.8, 4) is 0 Å². The summed E-state index contributed by atoms with van der Waals surface area (Å²) in [4.78, 5) is 24.5. The molecule has 1 aromatic rings. The number of aromatic carboxylic acids is 1. The fourth-order valence-corrected chi connectivity index (χ4v) is 6.14. The van der Waals surface area contributed by atoms with Gasteiger partial charge in [0, 0.05) is 0 Å². The maximum Gasteiger partial charge on any atom is 0.457 e. The number of rotatable bonds is 5. The summed E-state index contributed by atoms with van der Waals surface area (Å²) in [6.45, 7) is 14.0. The van der Waals surface area contributed by atoms with Crippen LogP contribution >= 0.6 is 0 Å². The Bertz CT molecular complexity index is 948. The Kier molecular flexibility index (Phi) is 5.53. The van der Waals surface area contributed by atoms with Gasteiger partial charge in [-0.25, -0.2) is 9.59 Å². The molecule has 0 aromatic heterocycles. The van der Waals surface area contributed by atoms with Crippen molar-refractivity contribution < 1.29 is 28.7 Å². The fraction of sp³-hybridized carbons (Fsp3) is 0.680. The number of benzene rings is 1. The van der Waals surface area contributed by atoms with Crippen LogP contribution in [0.25, 0.3) is 0 Å². The summed E-state index contributed by atoms with van der Waals surface area (Å²) < 4.78 is 18.3. The summed E-state index contributed by atoms with van der Waals surface area (Å²) in [6.07, 6.45) is 3.69. The van der Waals surface area contributed by atoms with Crippen molar-refractivity contribution in [1.29, 1.82) is 0 Å². The first-order chi connectivity index (χ1) is 14.7.